The minimum atomic E-state index is 0.351. The smallest absolute Gasteiger partial charge is 0.0302 e. The molecule has 0 saturated heterocycles. The summed E-state index contributed by atoms with van der Waals surface area (Å²) in [6.07, 6.45) is 3.65. The second-order valence-electron chi connectivity index (χ2n) is 3.31. The van der Waals surface area contributed by atoms with Gasteiger partial charge in [0.2, 0.25) is 0 Å². The Hall–Kier alpha value is -0.930. The predicted octanol–water partition coefficient (Wildman–Crippen LogP) is 0.719. The summed E-state index contributed by atoms with van der Waals surface area (Å²) in [6, 6.07) is 4.01. The van der Waals surface area contributed by atoms with Crippen LogP contribution in [-0.4, -0.2) is 18.1 Å². The lowest BCUT2D eigenvalue weighted by Crippen LogP contribution is -2.27. The topological polar surface area (TPSA) is 64.9 Å². The quantitative estimate of drug-likeness (QED) is 0.715. The van der Waals surface area contributed by atoms with Crippen LogP contribution >= 0.6 is 0 Å². The summed E-state index contributed by atoms with van der Waals surface area (Å²) in [4.78, 5) is 4.08. The SMILES string of the molecule is CC(c1cccnc1)C(CN)CN. The van der Waals surface area contributed by atoms with E-state index in [1.807, 2.05) is 12.3 Å². The van der Waals surface area contributed by atoms with E-state index in [0.29, 0.717) is 24.9 Å². The van der Waals surface area contributed by atoms with E-state index in [9.17, 15) is 0 Å². The third-order valence-electron chi connectivity index (χ3n) is 2.52. The van der Waals surface area contributed by atoms with Crippen LogP contribution in [0.25, 0.3) is 0 Å². The van der Waals surface area contributed by atoms with E-state index in [-0.39, 0.29) is 0 Å². The average molecular weight is 179 g/mol. The van der Waals surface area contributed by atoms with Crippen LogP contribution in [0, 0.1) is 5.92 Å². The van der Waals surface area contributed by atoms with Crippen molar-refractivity contribution in [1.82, 2.24) is 4.98 Å². The zero-order valence-electron chi connectivity index (χ0n) is 7.98. The molecule has 0 aliphatic heterocycles. The Balaban J connectivity index is 2.72. The number of hydrogen-bond donors (Lipinski definition) is 2. The third kappa shape index (κ3) is 2.50. The van der Waals surface area contributed by atoms with Crippen LogP contribution in [0.5, 0.6) is 0 Å². The summed E-state index contributed by atoms with van der Waals surface area (Å²) in [6.45, 7) is 3.40. The lowest BCUT2D eigenvalue weighted by molar-refractivity contribution is 0.466. The molecule has 1 rings (SSSR count). The van der Waals surface area contributed by atoms with Gasteiger partial charge >= 0.3 is 0 Å². The summed E-state index contributed by atoms with van der Waals surface area (Å²) < 4.78 is 0. The highest BCUT2D eigenvalue weighted by molar-refractivity contribution is 5.14. The normalized spacial score (nSPS) is 13.2. The zero-order chi connectivity index (χ0) is 9.68. The molecule has 1 atom stereocenters. The van der Waals surface area contributed by atoms with Crippen molar-refractivity contribution in [2.45, 2.75) is 12.8 Å². The second kappa shape index (κ2) is 4.94. The number of aromatic nitrogens is 1. The maximum atomic E-state index is 5.62. The van der Waals surface area contributed by atoms with Gasteiger partial charge in [-0.3, -0.25) is 4.98 Å². The minimum absolute atomic E-state index is 0.351. The molecular formula is C10H17N3. The van der Waals surface area contributed by atoms with Crippen molar-refractivity contribution in [3.8, 4) is 0 Å². The van der Waals surface area contributed by atoms with Gasteiger partial charge in [0, 0.05) is 12.4 Å². The first-order valence-electron chi connectivity index (χ1n) is 4.59. The first-order chi connectivity index (χ1) is 6.29. The molecule has 13 heavy (non-hydrogen) atoms. The Morgan fingerprint density at radius 1 is 1.38 bits per heavy atom. The summed E-state index contributed by atoms with van der Waals surface area (Å²) in [5.41, 5.74) is 12.5. The molecule has 1 heterocycles. The van der Waals surface area contributed by atoms with E-state index < -0.39 is 0 Å². The lowest BCUT2D eigenvalue weighted by atomic mass is 9.89. The minimum Gasteiger partial charge on any atom is -0.330 e. The van der Waals surface area contributed by atoms with E-state index in [1.165, 1.54) is 5.56 Å². The molecule has 4 N–H and O–H groups in total. The van der Waals surface area contributed by atoms with E-state index in [1.54, 1.807) is 6.20 Å². The monoisotopic (exact) mass is 179 g/mol. The van der Waals surface area contributed by atoms with Crippen molar-refractivity contribution in [3.05, 3.63) is 30.1 Å². The first kappa shape index (κ1) is 10.2. The van der Waals surface area contributed by atoms with Gasteiger partial charge in [-0.05, 0) is 36.6 Å². The Morgan fingerprint density at radius 3 is 2.54 bits per heavy atom. The van der Waals surface area contributed by atoms with Gasteiger partial charge in [0.25, 0.3) is 0 Å². The van der Waals surface area contributed by atoms with Gasteiger partial charge in [-0.15, -0.1) is 0 Å². The first-order valence-corrected chi connectivity index (χ1v) is 4.59. The van der Waals surface area contributed by atoms with Crippen molar-refractivity contribution in [2.24, 2.45) is 17.4 Å². The van der Waals surface area contributed by atoms with Gasteiger partial charge in [0.15, 0.2) is 0 Å². The molecule has 0 aromatic carbocycles. The predicted molar refractivity (Wildman–Crippen MR) is 54.3 cm³/mol. The molecule has 0 radical (unpaired) electrons. The van der Waals surface area contributed by atoms with Crippen molar-refractivity contribution < 1.29 is 0 Å². The fourth-order valence-electron chi connectivity index (χ4n) is 1.42. The molecule has 0 aliphatic rings. The molecule has 1 aromatic rings. The van der Waals surface area contributed by atoms with Crippen molar-refractivity contribution in [1.29, 1.82) is 0 Å². The maximum absolute atomic E-state index is 5.62. The molecule has 0 spiro atoms. The van der Waals surface area contributed by atoms with Crippen LogP contribution in [0.1, 0.15) is 18.4 Å². The zero-order valence-corrected chi connectivity index (χ0v) is 7.98. The van der Waals surface area contributed by atoms with Crippen LogP contribution < -0.4 is 11.5 Å². The van der Waals surface area contributed by atoms with E-state index in [2.05, 4.69) is 18.0 Å². The lowest BCUT2D eigenvalue weighted by Gasteiger charge is -2.20. The van der Waals surface area contributed by atoms with Gasteiger partial charge in [0.05, 0.1) is 0 Å². The number of nitrogens with zero attached hydrogens (tertiary/aromatic N) is 1. The standard InChI is InChI=1S/C10H17N3/c1-8(10(5-11)6-12)9-3-2-4-13-7-9/h2-4,7-8,10H,5-6,11-12H2,1H3. The van der Waals surface area contributed by atoms with Crippen LogP contribution in [0.15, 0.2) is 24.5 Å². The number of hydrogen-bond acceptors (Lipinski definition) is 3. The van der Waals surface area contributed by atoms with Crippen LogP contribution in [-0.2, 0) is 0 Å². The Morgan fingerprint density at radius 2 is 2.08 bits per heavy atom. The van der Waals surface area contributed by atoms with Crippen molar-refractivity contribution in [2.75, 3.05) is 13.1 Å². The Bertz CT molecular complexity index is 231. The molecule has 1 aromatic heterocycles. The molecule has 0 amide bonds. The molecule has 3 nitrogen and oxygen atoms in total. The number of nitrogens with two attached hydrogens (primary N) is 2. The molecule has 3 heteroatoms. The highest BCUT2D eigenvalue weighted by atomic mass is 14.6. The molecule has 0 fully saturated rings. The molecule has 72 valence electrons. The van der Waals surface area contributed by atoms with Gasteiger partial charge in [0.1, 0.15) is 0 Å². The van der Waals surface area contributed by atoms with Gasteiger partial charge in [-0.2, -0.15) is 0 Å². The molecule has 0 aliphatic carbocycles. The molecule has 0 saturated carbocycles. The fraction of sp³-hybridized carbons (Fsp3) is 0.500. The van der Waals surface area contributed by atoms with Gasteiger partial charge in [-0.1, -0.05) is 13.0 Å². The largest absolute Gasteiger partial charge is 0.330 e. The highest BCUT2D eigenvalue weighted by Gasteiger charge is 2.15. The number of pyridine rings is 1. The van der Waals surface area contributed by atoms with Crippen LogP contribution in [0.3, 0.4) is 0 Å². The summed E-state index contributed by atoms with van der Waals surface area (Å²) in [5, 5.41) is 0. The second-order valence-corrected chi connectivity index (χ2v) is 3.31. The van der Waals surface area contributed by atoms with Crippen molar-refractivity contribution in [3.63, 3.8) is 0 Å². The maximum Gasteiger partial charge on any atom is 0.0302 e. The van der Waals surface area contributed by atoms with E-state index in [4.69, 9.17) is 11.5 Å². The van der Waals surface area contributed by atoms with E-state index >= 15 is 0 Å². The Kier molecular flexibility index (Phi) is 3.86. The number of rotatable bonds is 4. The van der Waals surface area contributed by atoms with Gasteiger partial charge in [-0.25, -0.2) is 0 Å². The van der Waals surface area contributed by atoms with Crippen LogP contribution in [0.4, 0.5) is 0 Å². The Labute approximate surface area is 79.2 Å². The molecule has 0 bridgehead atoms. The fourth-order valence-corrected chi connectivity index (χ4v) is 1.42. The molecular weight excluding hydrogens is 162 g/mol. The molecule has 1 unspecified atom stereocenters. The van der Waals surface area contributed by atoms with Crippen molar-refractivity contribution >= 4 is 0 Å². The average Bonchev–Trinajstić information content (AvgIpc) is 2.21. The summed E-state index contributed by atoms with van der Waals surface area (Å²) in [7, 11) is 0. The van der Waals surface area contributed by atoms with Crippen LogP contribution in [0.2, 0.25) is 0 Å². The third-order valence-corrected chi connectivity index (χ3v) is 2.52. The highest BCUT2D eigenvalue weighted by Crippen LogP contribution is 2.21. The van der Waals surface area contributed by atoms with Gasteiger partial charge < -0.3 is 11.5 Å². The summed E-state index contributed by atoms with van der Waals surface area (Å²) >= 11 is 0. The summed E-state index contributed by atoms with van der Waals surface area (Å²) in [5.74, 6) is 0.743. The van der Waals surface area contributed by atoms with E-state index in [0.717, 1.165) is 0 Å².